The van der Waals surface area contributed by atoms with Crippen molar-refractivity contribution in [2.45, 2.75) is 102 Å². The molecule has 7 heteroatoms. The highest BCUT2D eigenvalue weighted by Crippen LogP contribution is 2.68. The predicted molar refractivity (Wildman–Crippen MR) is 133 cm³/mol. The third kappa shape index (κ3) is 2.83. The van der Waals surface area contributed by atoms with Gasteiger partial charge >= 0.3 is 5.97 Å². The third-order valence-corrected chi connectivity index (χ3v) is 11.4. The Labute approximate surface area is 213 Å². The van der Waals surface area contributed by atoms with Crippen LogP contribution in [0.4, 0.5) is 0 Å². The molecule has 0 aromatic carbocycles. The minimum Gasteiger partial charge on any atom is -0.455 e. The Morgan fingerprint density at radius 3 is 2.53 bits per heavy atom. The van der Waals surface area contributed by atoms with Crippen LogP contribution in [0.1, 0.15) is 73.1 Å². The molecule has 0 spiro atoms. The van der Waals surface area contributed by atoms with Crippen LogP contribution in [0.15, 0.2) is 34.9 Å². The summed E-state index contributed by atoms with van der Waals surface area (Å²) in [5.74, 6) is -0.688. The molecule has 0 saturated heterocycles. The summed E-state index contributed by atoms with van der Waals surface area (Å²) in [5, 5.41) is 35.7. The lowest BCUT2D eigenvalue weighted by Gasteiger charge is -2.64. The average Bonchev–Trinajstić information content (AvgIpc) is 3.11. The molecule has 2 fully saturated rings. The molecule has 5 aliphatic rings. The number of cyclic esters (lactones) is 1. The van der Waals surface area contributed by atoms with Crippen LogP contribution < -0.4 is 0 Å². The molecule has 198 valence electrons. The van der Waals surface area contributed by atoms with Gasteiger partial charge in [0.15, 0.2) is 5.78 Å². The molecule has 3 N–H and O–H groups in total. The lowest BCUT2D eigenvalue weighted by atomic mass is 9.43. The highest BCUT2D eigenvalue weighted by molar-refractivity contribution is 5.97. The summed E-state index contributed by atoms with van der Waals surface area (Å²) in [7, 11) is 1.58. The number of carbonyl (C=O) groups is 2. The first kappa shape index (κ1) is 25.8. The van der Waals surface area contributed by atoms with Crippen LogP contribution in [0.3, 0.4) is 0 Å². The Morgan fingerprint density at radius 2 is 1.89 bits per heavy atom. The standard InChI is InChI=1S/C29H40O7/c1-16-14-23(36-24(32)17(16)2)27(5,33)29(34)13-10-19-18-15-22(31)28(35-6)11-7-8-21(30)26(28,4)20(18)9-12-25(19,29)3/h7-8,10,18,20,22-23,31,33-34H,9,11-15H2,1-6H3/t18-,20-,22+,23+,25-,26-,27-,28-,29-/m0/s1. The van der Waals surface area contributed by atoms with Crippen molar-refractivity contribution in [2.24, 2.45) is 22.7 Å². The molecular formula is C29H40O7. The Balaban J connectivity index is 1.52. The summed E-state index contributed by atoms with van der Waals surface area (Å²) < 4.78 is 11.6. The van der Waals surface area contributed by atoms with Crippen molar-refractivity contribution >= 4 is 11.8 Å². The van der Waals surface area contributed by atoms with Gasteiger partial charge in [-0.25, -0.2) is 4.79 Å². The molecule has 0 aromatic rings. The van der Waals surface area contributed by atoms with Crippen molar-refractivity contribution < 1.29 is 34.4 Å². The average molecular weight is 501 g/mol. The van der Waals surface area contributed by atoms with E-state index in [1.54, 1.807) is 33.1 Å². The summed E-state index contributed by atoms with van der Waals surface area (Å²) in [5.41, 5.74) is -3.58. The summed E-state index contributed by atoms with van der Waals surface area (Å²) in [4.78, 5) is 25.9. The highest BCUT2D eigenvalue weighted by Gasteiger charge is 2.72. The quantitative estimate of drug-likeness (QED) is 0.403. The van der Waals surface area contributed by atoms with E-state index in [0.29, 0.717) is 37.7 Å². The lowest BCUT2D eigenvalue weighted by Crippen LogP contribution is -2.71. The normalized spacial score (nSPS) is 48.0. The van der Waals surface area contributed by atoms with Crippen LogP contribution >= 0.6 is 0 Å². The van der Waals surface area contributed by atoms with Crippen LogP contribution in [0.2, 0.25) is 0 Å². The molecule has 36 heavy (non-hydrogen) atoms. The van der Waals surface area contributed by atoms with E-state index in [-0.39, 0.29) is 24.0 Å². The van der Waals surface area contributed by atoms with Crippen LogP contribution in [0.25, 0.3) is 0 Å². The van der Waals surface area contributed by atoms with Crippen molar-refractivity contribution in [1.82, 2.24) is 0 Å². The van der Waals surface area contributed by atoms with Gasteiger partial charge in [-0.05, 0) is 77.7 Å². The molecule has 0 amide bonds. The first-order valence-corrected chi connectivity index (χ1v) is 13.2. The maximum Gasteiger partial charge on any atom is 0.334 e. The first-order chi connectivity index (χ1) is 16.7. The number of ether oxygens (including phenoxy) is 2. The largest absolute Gasteiger partial charge is 0.455 e. The van der Waals surface area contributed by atoms with Crippen molar-refractivity contribution in [3.05, 3.63) is 34.9 Å². The second kappa shape index (κ2) is 7.85. The van der Waals surface area contributed by atoms with E-state index in [0.717, 1.165) is 11.1 Å². The fraction of sp³-hybridized carbons (Fsp3) is 0.724. The SMILES string of the molecule is CO[C@]12CC=CC(=O)[C@]1(C)[C@H]1CC[C@@]3(C)C(=CC[C@@]3(O)[C@@](C)(O)[C@H]3CC(C)=C(C)C(=O)O3)[C@@H]1C[C@H]2O. The summed E-state index contributed by atoms with van der Waals surface area (Å²) in [6.45, 7) is 9.06. The van der Waals surface area contributed by atoms with Gasteiger partial charge in [0, 0.05) is 24.5 Å². The molecular weight excluding hydrogens is 460 g/mol. The molecule has 2 saturated carbocycles. The lowest BCUT2D eigenvalue weighted by molar-refractivity contribution is -0.251. The Kier molecular flexibility index (Phi) is 5.64. The Hall–Kier alpha value is -1.80. The van der Waals surface area contributed by atoms with Gasteiger partial charge in [-0.3, -0.25) is 4.79 Å². The fourth-order valence-corrected chi connectivity index (χ4v) is 8.69. The molecule has 1 heterocycles. The zero-order valence-corrected chi connectivity index (χ0v) is 22.3. The number of methoxy groups -OCH3 is 1. The number of hydrogen-bond acceptors (Lipinski definition) is 7. The number of hydrogen-bond donors (Lipinski definition) is 3. The molecule has 0 unspecified atom stereocenters. The number of aliphatic hydroxyl groups excluding tert-OH is 1. The predicted octanol–water partition coefficient (Wildman–Crippen LogP) is 3.17. The van der Waals surface area contributed by atoms with E-state index in [4.69, 9.17) is 9.47 Å². The van der Waals surface area contributed by atoms with Crippen molar-refractivity contribution in [3.8, 4) is 0 Å². The zero-order valence-electron chi connectivity index (χ0n) is 22.3. The van der Waals surface area contributed by atoms with Gasteiger partial charge in [-0.15, -0.1) is 0 Å². The van der Waals surface area contributed by atoms with Gasteiger partial charge in [0.25, 0.3) is 0 Å². The van der Waals surface area contributed by atoms with Gasteiger partial charge in [-0.2, -0.15) is 0 Å². The number of carbonyl (C=O) groups excluding carboxylic acids is 2. The second-order valence-corrected chi connectivity index (χ2v) is 12.5. The molecule has 7 nitrogen and oxygen atoms in total. The number of rotatable bonds is 3. The molecule has 0 bridgehead atoms. The number of esters is 1. The van der Waals surface area contributed by atoms with E-state index < -0.39 is 45.8 Å². The van der Waals surface area contributed by atoms with Gasteiger partial charge in [0.05, 0.1) is 11.5 Å². The van der Waals surface area contributed by atoms with Gasteiger partial charge in [0.2, 0.25) is 0 Å². The molecule has 5 rings (SSSR count). The van der Waals surface area contributed by atoms with E-state index in [2.05, 4.69) is 0 Å². The van der Waals surface area contributed by atoms with E-state index in [1.165, 1.54) is 0 Å². The van der Waals surface area contributed by atoms with Gasteiger partial charge in [-0.1, -0.05) is 30.2 Å². The number of fused-ring (bicyclic) bond motifs is 5. The van der Waals surface area contributed by atoms with Crippen molar-refractivity contribution in [2.75, 3.05) is 7.11 Å². The maximum atomic E-state index is 13.4. The molecule has 1 aliphatic heterocycles. The van der Waals surface area contributed by atoms with Crippen LogP contribution in [0, 0.1) is 22.7 Å². The second-order valence-electron chi connectivity index (χ2n) is 12.5. The molecule has 0 radical (unpaired) electrons. The number of allylic oxidation sites excluding steroid dienone is 1. The fourth-order valence-electron chi connectivity index (χ4n) is 8.69. The topological polar surface area (TPSA) is 113 Å². The van der Waals surface area contributed by atoms with Crippen LogP contribution in [-0.2, 0) is 19.1 Å². The van der Waals surface area contributed by atoms with Crippen LogP contribution in [-0.4, -0.2) is 63.2 Å². The summed E-state index contributed by atoms with van der Waals surface area (Å²) in [6, 6.07) is 0. The molecule has 4 aliphatic carbocycles. The molecule has 9 atom stereocenters. The van der Waals surface area contributed by atoms with E-state index >= 15 is 0 Å². The van der Waals surface area contributed by atoms with Crippen molar-refractivity contribution in [3.63, 3.8) is 0 Å². The maximum absolute atomic E-state index is 13.4. The first-order valence-electron chi connectivity index (χ1n) is 13.2. The summed E-state index contributed by atoms with van der Waals surface area (Å²) >= 11 is 0. The highest BCUT2D eigenvalue weighted by atomic mass is 16.6. The Morgan fingerprint density at radius 1 is 1.19 bits per heavy atom. The van der Waals surface area contributed by atoms with E-state index in [1.807, 2.05) is 26.8 Å². The third-order valence-electron chi connectivity index (χ3n) is 11.4. The Bertz CT molecular complexity index is 1100. The van der Waals surface area contributed by atoms with Crippen molar-refractivity contribution in [1.29, 1.82) is 0 Å². The van der Waals surface area contributed by atoms with E-state index in [9.17, 15) is 24.9 Å². The minimum atomic E-state index is -1.71. The molecule has 0 aromatic heterocycles. The summed E-state index contributed by atoms with van der Waals surface area (Å²) in [6.07, 6.45) is 6.38. The van der Waals surface area contributed by atoms with Gasteiger partial charge < -0.3 is 24.8 Å². The monoisotopic (exact) mass is 500 g/mol. The smallest absolute Gasteiger partial charge is 0.334 e. The number of aliphatic hydroxyl groups is 3. The zero-order chi connectivity index (χ0) is 26.5. The van der Waals surface area contributed by atoms with Crippen LogP contribution in [0.5, 0.6) is 0 Å². The minimum absolute atomic E-state index is 0.0273. The number of ketones is 1. The van der Waals surface area contributed by atoms with Gasteiger partial charge in [0.1, 0.15) is 22.9 Å².